The van der Waals surface area contributed by atoms with E-state index in [2.05, 4.69) is 21.2 Å². The first kappa shape index (κ1) is 17.0. The summed E-state index contributed by atoms with van der Waals surface area (Å²) in [4.78, 5) is 25.5. The highest BCUT2D eigenvalue weighted by Crippen LogP contribution is 2.29. The van der Waals surface area contributed by atoms with Crippen molar-refractivity contribution in [2.24, 2.45) is 0 Å². The van der Waals surface area contributed by atoms with Gasteiger partial charge in [0.25, 0.3) is 0 Å². The molecule has 1 aliphatic rings. The molecule has 1 atom stereocenters. The average Bonchev–Trinajstić information content (AvgIpc) is 2.45. The van der Waals surface area contributed by atoms with E-state index in [1.807, 2.05) is 32.9 Å². The number of carbonyl (C=O) groups is 2. The Morgan fingerprint density at radius 3 is 2.82 bits per heavy atom. The van der Waals surface area contributed by atoms with E-state index in [1.54, 1.807) is 11.0 Å². The summed E-state index contributed by atoms with van der Waals surface area (Å²) in [6.45, 7) is 7.38. The van der Waals surface area contributed by atoms with Crippen LogP contribution in [0.15, 0.2) is 22.7 Å². The van der Waals surface area contributed by atoms with Gasteiger partial charge >= 0.3 is 6.09 Å². The fourth-order valence-corrected chi connectivity index (χ4v) is 2.84. The summed E-state index contributed by atoms with van der Waals surface area (Å²) in [6, 6.07) is 5.25. The molecule has 1 fully saturated rings. The van der Waals surface area contributed by atoms with E-state index in [0.717, 1.165) is 16.3 Å². The van der Waals surface area contributed by atoms with Crippen LogP contribution in [0.3, 0.4) is 0 Å². The quantitative estimate of drug-likeness (QED) is 0.814. The summed E-state index contributed by atoms with van der Waals surface area (Å²) in [5, 5.41) is 3.27. The molecule has 22 heavy (non-hydrogen) atoms. The number of rotatable bonds is 2. The molecule has 0 saturated carbocycles. The fourth-order valence-electron chi connectivity index (χ4n) is 2.46. The third-order valence-corrected chi connectivity index (χ3v) is 3.90. The fraction of sp³-hybridized carbons (Fsp3) is 0.500. The van der Waals surface area contributed by atoms with Gasteiger partial charge in [0.15, 0.2) is 0 Å². The molecule has 1 aliphatic heterocycles. The number of ether oxygens (including phenoxy) is 1. The second kappa shape index (κ2) is 6.79. The number of aldehydes is 1. The zero-order valence-corrected chi connectivity index (χ0v) is 14.6. The Bertz CT molecular complexity index is 569. The van der Waals surface area contributed by atoms with Crippen molar-refractivity contribution in [2.45, 2.75) is 32.4 Å². The summed E-state index contributed by atoms with van der Waals surface area (Å²) in [5.74, 6) is 0. The van der Waals surface area contributed by atoms with Crippen molar-refractivity contribution in [2.75, 3.05) is 19.6 Å². The van der Waals surface area contributed by atoms with Crippen LogP contribution in [0, 0.1) is 0 Å². The van der Waals surface area contributed by atoms with E-state index < -0.39 is 5.60 Å². The largest absolute Gasteiger partial charge is 0.444 e. The number of benzene rings is 1. The maximum absolute atomic E-state index is 12.5. The van der Waals surface area contributed by atoms with Gasteiger partial charge in [-0.05, 0) is 38.5 Å². The van der Waals surface area contributed by atoms with Crippen LogP contribution in [0.2, 0.25) is 0 Å². The molecule has 1 aromatic rings. The van der Waals surface area contributed by atoms with Gasteiger partial charge in [0.1, 0.15) is 11.9 Å². The molecule has 0 aliphatic carbocycles. The van der Waals surface area contributed by atoms with E-state index >= 15 is 0 Å². The van der Waals surface area contributed by atoms with Gasteiger partial charge in [0.2, 0.25) is 0 Å². The molecule has 6 heteroatoms. The highest BCUT2D eigenvalue weighted by molar-refractivity contribution is 9.10. The van der Waals surface area contributed by atoms with Gasteiger partial charge in [0, 0.05) is 29.7 Å². The predicted octanol–water partition coefficient (Wildman–Crippen LogP) is 3.14. The lowest BCUT2D eigenvalue weighted by Crippen LogP contribution is -2.50. The topological polar surface area (TPSA) is 58.6 Å². The molecular formula is C16H21BrN2O3. The first-order valence-corrected chi connectivity index (χ1v) is 8.06. The van der Waals surface area contributed by atoms with E-state index in [4.69, 9.17) is 4.74 Å². The molecule has 1 heterocycles. The molecule has 0 aromatic heterocycles. The number of halogens is 1. The van der Waals surface area contributed by atoms with Crippen molar-refractivity contribution in [3.63, 3.8) is 0 Å². The summed E-state index contributed by atoms with van der Waals surface area (Å²) in [6.07, 6.45) is 0.472. The molecule has 1 amide bonds. The first-order chi connectivity index (χ1) is 10.3. The maximum atomic E-state index is 12.5. The van der Waals surface area contributed by atoms with Crippen molar-refractivity contribution in [3.05, 3.63) is 33.8 Å². The lowest BCUT2D eigenvalue weighted by molar-refractivity contribution is 0.0117. The van der Waals surface area contributed by atoms with E-state index in [-0.39, 0.29) is 12.1 Å². The van der Waals surface area contributed by atoms with Gasteiger partial charge in [0.05, 0.1) is 6.04 Å². The van der Waals surface area contributed by atoms with Crippen LogP contribution in [-0.4, -0.2) is 42.5 Å². The van der Waals surface area contributed by atoms with Crippen LogP contribution >= 0.6 is 15.9 Å². The molecule has 120 valence electrons. The van der Waals surface area contributed by atoms with Crippen molar-refractivity contribution in [3.8, 4) is 0 Å². The number of amides is 1. The molecule has 0 radical (unpaired) electrons. The molecular weight excluding hydrogens is 348 g/mol. The van der Waals surface area contributed by atoms with Gasteiger partial charge in [-0.15, -0.1) is 0 Å². The van der Waals surface area contributed by atoms with Gasteiger partial charge in [-0.3, -0.25) is 9.69 Å². The van der Waals surface area contributed by atoms with Gasteiger partial charge in [-0.2, -0.15) is 0 Å². The zero-order valence-electron chi connectivity index (χ0n) is 13.1. The molecule has 1 saturated heterocycles. The Hall–Kier alpha value is -1.40. The van der Waals surface area contributed by atoms with Crippen LogP contribution in [0.1, 0.15) is 42.7 Å². The first-order valence-electron chi connectivity index (χ1n) is 7.27. The minimum Gasteiger partial charge on any atom is -0.444 e. The number of carbonyl (C=O) groups excluding carboxylic acids is 2. The van der Waals surface area contributed by atoms with Crippen molar-refractivity contribution in [1.29, 1.82) is 0 Å². The van der Waals surface area contributed by atoms with E-state index in [0.29, 0.717) is 25.2 Å². The molecule has 1 unspecified atom stereocenters. The van der Waals surface area contributed by atoms with E-state index in [9.17, 15) is 9.59 Å². The van der Waals surface area contributed by atoms with E-state index in [1.165, 1.54) is 0 Å². The Balaban J connectivity index is 2.32. The van der Waals surface area contributed by atoms with Crippen molar-refractivity contribution < 1.29 is 14.3 Å². The maximum Gasteiger partial charge on any atom is 0.410 e. The van der Waals surface area contributed by atoms with Crippen LogP contribution in [0.25, 0.3) is 0 Å². The Labute approximate surface area is 139 Å². The van der Waals surface area contributed by atoms with Crippen LogP contribution in [-0.2, 0) is 4.74 Å². The summed E-state index contributed by atoms with van der Waals surface area (Å²) >= 11 is 3.43. The monoisotopic (exact) mass is 368 g/mol. The third-order valence-electron chi connectivity index (χ3n) is 3.41. The highest BCUT2D eigenvalue weighted by Gasteiger charge is 2.32. The lowest BCUT2D eigenvalue weighted by atomic mass is 9.98. The number of hydrogen-bond donors (Lipinski definition) is 1. The number of hydrogen-bond acceptors (Lipinski definition) is 4. The van der Waals surface area contributed by atoms with Crippen LogP contribution in [0.4, 0.5) is 4.79 Å². The molecule has 2 rings (SSSR count). The lowest BCUT2D eigenvalue weighted by Gasteiger charge is -2.37. The molecule has 0 bridgehead atoms. The summed E-state index contributed by atoms with van der Waals surface area (Å²) < 4.78 is 6.37. The standard InChI is InChI=1S/C16H21BrN2O3/c1-16(2,3)22-15(21)19-7-6-18-9-14(19)13-8-12(17)5-4-11(13)10-20/h4-5,8,10,14,18H,6-7,9H2,1-3H3. The molecule has 5 nitrogen and oxygen atoms in total. The second-order valence-electron chi connectivity index (χ2n) is 6.28. The normalized spacial score (nSPS) is 18.9. The summed E-state index contributed by atoms with van der Waals surface area (Å²) in [5.41, 5.74) is 0.866. The Morgan fingerprint density at radius 2 is 2.18 bits per heavy atom. The zero-order chi connectivity index (χ0) is 16.3. The molecule has 1 aromatic carbocycles. The predicted molar refractivity (Wildman–Crippen MR) is 88.1 cm³/mol. The third kappa shape index (κ3) is 4.08. The minimum absolute atomic E-state index is 0.221. The van der Waals surface area contributed by atoms with Crippen LogP contribution in [0.5, 0.6) is 0 Å². The minimum atomic E-state index is -0.544. The second-order valence-corrected chi connectivity index (χ2v) is 7.20. The Morgan fingerprint density at radius 1 is 1.45 bits per heavy atom. The highest BCUT2D eigenvalue weighted by atomic mass is 79.9. The number of nitrogens with zero attached hydrogens (tertiary/aromatic N) is 1. The average molecular weight is 369 g/mol. The number of piperazine rings is 1. The molecule has 1 N–H and O–H groups in total. The van der Waals surface area contributed by atoms with Crippen molar-refractivity contribution in [1.82, 2.24) is 10.2 Å². The van der Waals surface area contributed by atoms with Gasteiger partial charge < -0.3 is 10.1 Å². The van der Waals surface area contributed by atoms with Crippen LogP contribution < -0.4 is 5.32 Å². The molecule has 0 spiro atoms. The Kier molecular flexibility index (Phi) is 5.24. The van der Waals surface area contributed by atoms with Crippen molar-refractivity contribution >= 4 is 28.3 Å². The SMILES string of the molecule is CC(C)(C)OC(=O)N1CCNCC1c1cc(Br)ccc1C=O. The number of nitrogens with one attached hydrogen (secondary N) is 1. The summed E-state index contributed by atoms with van der Waals surface area (Å²) in [7, 11) is 0. The van der Waals surface area contributed by atoms with Gasteiger partial charge in [-0.25, -0.2) is 4.79 Å². The van der Waals surface area contributed by atoms with Gasteiger partial charge in [-0.1, -0.05) is 22.0 Å². The smallest absolute Gasteiger partial charge is 0.410 e.